The summed E-state index contributed by atoms with van der Waals surface area (Å²) in [4.78, 5) is 13.7. The molecule has 4 rings (SSSR count). The number of aromatic nitrogens is 3. The van der Waals surface area contributed by atoms with Crippen LogP contribution < -0.4 is 19.5 Å². The highest BCUT2D eigenvalue weighted by Gasteiger charge is 2.18. The first-order chi connectivity index (χ1) is 18.5. The Morgan fingerprint density at radius 2 is 1.74 bits per heavy atom. The number of anilines is 2. The van der Waals surface area contributed by atoms with E-state index >= 15 is 0 Å². The molecule has 2 aromatic heterocycles. The predicted octanol–water partition coefficient (Wildman–Crippen LogP) is 2.11. The third kappa shape index (κ3) is 6.78. The molecule has 0 aliphatic carbocycles. The van der Waals surface area contributed by atoms with Gasteiger partial charge in [0.25, 0.3) is 0 Å². The number of nitrogens with zero attached hydrogens (tertiary/aromatic N) is 4. The standard InChI is InChI=1S/C25H28N6O6S2/c1-3-37-24-23-22(29-25(30-24)27-16-17-7-9-20(10-8-17)39(26,35)36)12-11-21(28-23)18-5-4-6-19(15-18)31(13-14-32)38(2,33)34/h4-12,15,32H,3,13-14,16H2,1-2H3,(H2,26,35,36)(H,27,29,30). The van der Waals surface area contributed by atoms with Crippen LogP contribution >= 0.6 is 0 Å². The fourth-order valence-corrected chi connectivity index (χ4v) is 5.27. The number of hydrogen-bond acceptors (Lipinski definition) is 10. The number of ether oxygens (including phenoxy) is 1. The van der Waals surface area contributed by atoms with E-state index in [1.54, 1.807) is 48.5 Å². The lowest BCUT2D eigenvalue weighted by Gasteiger charge is -2.21. The molecule has 0 aliphatic rings. The molecule has 0 unspecified atom stereocenters. The molecular weight excluding hydrogens is 544 g/mol. The van der Waals surface area contributed by atoms with Crippen molar-refractivity contribution in [2.45, 2.75) is 18.4 Å². The Balaban J connectivity index is 1.64. The summed E-state index contributed by atoms with van der Waals surface area (Å²) in [7, 11) is -7.36. The van der Waals surface area contributed by atoms with Crippen LogP contribution in [-0.4, -0.2) is 62.9 Å². The minimum absolute atomic E-state index is 0.0247. The first-order valence-corrected chi connectivity index (χ1v) is 15.3. The Labute approximate surface area is 226 Å². The normalized spacial score (nSPS) is 11.9. The van der Waals surface area contributed by atoms with Crippen LogP contribution in [0.2, 0.25) is 0 Å². The van der Waals surface area contributed by atoms with Gasteiger partial charge in [-0.15, -0.1) is 0 Å². The van der Waals surface area contributed by atoms with Gasteiger partial charge < -0.3 is 15.2 Å². The second-order valence-corrected chi connectivity index (χ2v) is 12.0. The van der Waals surface area contributed by atoms with Gasteiger partial charge >= 0.3 is 0 Å². The maximum atomic E-state index is 12.2. The number of nitrogens with one attached hydrogen (secondary N) is 1. The number of pyridine rings is 1. The zero-order valence-corrected chi connectivity index (χ0v) is 22.9. The van der Waals surface area contributed by atoms with E-state index in [0.717, 1.165) is 16.1 Å². The molecule has 12 nitrogen and oxygen atoms in total. The first kappa shape index (κ1) is 28.2. The van der Waals surface area contributed by atoms with Crippen molar-refractivity contribution < 1.29 is 26.7 Å². The minimum Gasteiger partial charge on any atom is -0.476 e. The van der Waals surface area contributed by atoms with E-state index in [9.17, 15) is 21.9 Å². The molecule has 0 saturated heterocycles. The van der Waals surface area contributed by atoms with Gasteiger partial charge in [0.1, 0.15) is 0 Å². The van der Waals surface area contributed by atoms with Gasteiger partial charge in [0.05, 0.1) is 47.8 Å². The molecule has 39 heavy (non-hydrogen) atoms. The molecule has 0 amide bonds. The molecule has 2 heterocycles. The summed E-state index contributed by atoms with van der Waals surface area (Å²) in [5, 5.41) is 17.6. The third-order valence-electron chi connectivity index (χ3n) is 5.63. The van der Waals surface area contributed by atoms with Crippen LogP contribution in [0.15, 0.2) is 65.6 Å². The molecule has 0 bridgehead atoms. The van der Waals surface area contributed by atoms with Crippen LogP contribution in [0.4, 0.5) is 11.6 Å². The Bertz CT molecular complexity index is 1700. The van der Waals surface area contributed by atoms with Crippen molar-refractivity contribution in [1.82, 2.24) is 15.0 Å². The van der Waals surface area contributed by atoms with Crippen molar-refractivity contribution in [1.29, 1.82) is 0 Å². The van der Waals surface area contributed by atoms with Crippen molar-refractivity contribution >= 4 is 42.7 Å². The van der Waals surface area contributed by atoms with E-state index in [4.69, 9.17) is 14.9 Å². The fourth-order valence-electron chi connectivity index (χ4n) is 3.84. The first-order valence-electron chi connectivity index (χ1n) is 11.9. The third-order valence-corrected chi connectivity index (χ3v) is 7.75. The van der Waals surface area contributed by atoms with Crippen LogP contribution in [0.5, 0.6) is 5.88 Å². The number of rotatable bonds is 11. The van der Waals surface area contributed by atoms with E-state index in [2.05, 4.69) is 15.3 Å². The fraction of sp³-hybridized carbons (Fsp3) is 0.240. The Hall–Kier alpha value is -3.85. The number of aliphatic hydroxyl groups is 1. The minimum atomic E-state index is -3.77. The SMILES string of the molecule is CCOc1nc(NCc2ccc(S(N)(=O)=O)cc2)nc2ccc(-c3cccc(N(CCO)S(C)(=O)=O)c3)nc12. The van der Waals surface area contributed by atoms with E-state index in [0.29, 0.717) is 47.1 Å². The molecule has 0 aliphatic heterocycles. The van der Waals surface area contributed by atoms with E-state index in [1.807, 2.05) is 6.92 Å². The summed E-state index contributed by atoms with van der Waals surface area (Å²) in [6.45, 7) is 2.10. The highest BCUT2D eigenvalue weighted by atomic mass is 32.2. The van der Waals surface area contributed by atoms with E-state index < -0.39 is 20.0 Å². The molecule has 0 spiro atoms. The van der Waals surface area contributed by atoms with Crippen LogP contribution in [0.3, 0.4) is 0 Å². The van der Waals surface area contributed by atoms with E-state index in [1.165, 1.54) is 12.1 Å². The van der Waals surface area contributed by atoms with Gasteiger partial charge in [-0.1, -0.05) is 24.3 Å². The number of nitrogens with two attached hydrogens (primary N) is 1. The molecule has 4 N–H and O–H groups in total. The quantitative estimate of drug-likeness (QED) is 0.241. The number of aliphatic hydroxyl groups excluding tert-OH is 1. The van der Waals surface area contributed by atoms with Crippen molar-refractivity contribution in [3.05, 3.63) is 66.2 Å². The second kappa shape index (κ2) is 11.5. The lowest BCUT2D eigenvalue weighted by molar-refractivity contribution is 0.307. The highest BCUT2D eigenvalue weighted by Crippen LogP contribution is 2.29. The Kier molecular flexibility index (Phi) is 8.30. The second-order valence-electron chi connectivity index (χ2n) is 8.50. The maximum Gasteiger partial charge on any atom is 0.245 e. The van der Waals surface area contributed by atoms with Crippen molar-refractivity contribution in [2.75, 3.05) is 35.6 Å². The lowest BCUT2D eigenvalue weighted by atomic mass is 10.1. The zero-order valence-electron chi connectivity index (χ0n) is 21.3. The topological polar surface area (TPSA) is 178 Å². The smallest absolute Gasteiger partial charge is 0.245 e. The van der Waals surface area contributed by atoms with Crippen molar-refractivity contribution in [3.8, 4) is 17.1 Å². The van der Waals surface area contributed by atoms with Crippen molar-refractivity contribution in [2.24, 2.45) is 5.14 Å². The molecule has 0 atom stereocenters. The van der Waals surface area contributed by atoms with Crippen LogP contribution in [0.25, 0.3) is 22.3 Å². The summed E-state index contributed by atoms with van der Waals surface area (Å²) in [6, 6.07) is 16.5. The molecule has 4 aromatic rings. The van der Waals surface area contributed by atoms with Gasteiger partial charge in [0, 0.05) is 12.1 Å². The molecule has 0 fully saturated rings. The average Bonchev–Trinajstić information content (AvgIpc) is 2.89. The Morgan fingerprint density at radius 1 is 1.00 bits per heavy atom. The monoisotopic (exact) mass is 572 g/mol. The van der Waals surface area contributed by atoms with Gasteiger partial charge in [0.2, 0.25) is 31.9 Å². The summed E-state index contributed by atoms with van der Waals surface area (Å²) in [6.07, 6.45) is 1.08. The molecule has 14 heteroatoms. The molecule has 0 radical (unpaired) electrons. The highest BCUT2D eigenvalue weighted by molar-refractivity contribution is 7.92. The number of sulfonamides is 2. The number of primary sulfonamides is 1. The van der Waals surface area contributed by atoms with Crippen LogP contribution in [0, 0.1) is 0 Å². The predicted molar refractivity (Wildman–Crippen MR) is 148 cm³/mol. The van der Waals surface area contributed by atoms with Gasteiger partial charge in [0.15, 0.2) is 5.52 Å². The molecule has 206 valence electrons. The van der Waals surface area contributed by atoms with Crippen LogP contribution in [0.1, 0.15) is 12.5 Å². The van der Waals surface area contributed by atoms with Gasteiger partial charge in [-0.3, -0.25) is 4.31 Å². The Morgan fingerprint density at radius 3 is 2.38 bits per heavy atom. The summed E-state index contributed by atoms with van der Waals surface area (Å²) in [5.41, 5.74) is 3.37. The summed E-state index contributed by atoms with van der Waals surface area (Å²) >= 11 is 0. The van der Waals surface area contributed by atoms with E-state index in [-0.39, 0.29) is 23.9 Å². The summed E-state index contributed by atoms with van der Waals surface area (Å²) in [5.74, 6) is 0.566. The molecule has 0 saturated carbocycles. The zero-order chi connectivity index (χ0) is 28.2. The maximum absolute atomic E-state index is 12.2. The molecular formula is C25H28N6O6S2. The number of fused-ring (bicyclic) bond motifs is 1. The summed E-state index contributed by atoms with van der Waals surface area (Å²) < 4.78 is 54.2. The average molecular weight is 573 g/mol. The van der Waals surface area contributed by atoms with Gasteiger partial charge in [-0.25, -0.2) is 31.9 Å². The number of hydrogen-bond donors (Lipinski definition) is 3. The molecule has 2 aromatic carbocycles. The van der Waals surface area contributed by atoms with Gasteiger partial charge in [-0.05, 0) is 48.9 Å². The number of benzene rings is 2. The van der Waals surface area contributed by atoms with Gasteiger partial charge in [-0.2, -0.15) is 4.98 Å². The van der Waals surface area contributed by atoms with Crippen molar-refractivity contribution in [3.63, 3.8) is 0 Å². The van der Waals surface area contributed by atoms with Crippen LogP contribution in [-0.2, 0) is 26.6 Å². The largest absolute Gasteiger partial charge is 0.476 e. The lowest BCUT2D eigenvalue weighted by Crippen LogP contribution is -2.32.